The van der Waals surface area contributed by atoms with Crippen LogP contribution in [0.4, 0.5) is 0 Å². The zero-order valence-electron chi connectivity index (χ0n) is 11.4. The fourth-order valence-electron chi connectivity index (χ4n) is 2.88. The molecule has 1 aliphatic rings. The van der Waals surface area contributed by atoms with E-state index in [1.54, 1.807) is 0 Å². The molecule has 1 atom stereocenters. The molecule has 0 aromatic carbocycles. The Morgan fingerprint density at radius 1 is 1.33 bits per heavy atom. The minimum atomic E-state index is 0.342. The first-order valence-electron chi connectivity index (χ1n) is 7.16. The van der Waals surface area contributed by atoms with Gasteiger partial charge in [-0.2, -0.15) is 0 Å². The molecule has 18 heavy (non-hydrogen) atoms. The van der Waals surface area contributed by atoms with E-state index in [0.29, 0.717) is 6.04 Å². The second-order valence-electron chi connectivity index (χ2n) is 5.39. The highest BCUT2D eigenvalue weighted by atomic mass is 15.1. The third kappa shape index (κ3) is 3.79. The first kappa shape index (κ1) is 13.5. The minimum absolute atomic E-state index is 0.342. The van der Waals surface area contributed by atoms with Crippen molar-refractivity contribution in [2.75, 3.05) is 13.1 Å². The molecule has 0 aliphatic heterocycles. The predicted octanol–water partition coefficient (Wildman–Crippen LogP) is 2.42. The summed E-state index contributed by atoms with van der Waals surface area (Å²) in [6.07, 6.45) is 9.12. The van der Waals surface area contributed by atoms with Gasteiger partial charge in [0.2, 0.25) is 0 Å². The van der Waals surface area contributed by atoms with Crippen LogP contribution in [0.2, 0.25) is 0 Å². The molecule has 1 fully saturated rings. The summed E-state index contributed by atoms with van der Waals surface area (Å²) in [5.74, 6) is 0.747. The van der Waals surface area contributed by atoms with Crippen LogP contribution >= 0.6 is 0 Å². The molecule has 1 aliphatic carbocycles. The SMILES string of the molecule is CCN(Cc1ccncc1)CC(N)C1CCCC1. The van der Waals surface area contributed by atoms with Crippen molar-refractivity contribution in [3.05, 3.63) is 30.1 Å². The highest BCUT2D eigenvalue weighted by Gasteiger charge is 2.23. The summed E-state index contributed by atoms with van der Waals surface area (Å²) in [5, 5.41) is 0. The van der Waals surface area contributed by atoms with Crippen LogP contribution in [-0.2, 0) is 6.54 Å². The third-order valence-electron chi connectivity index (χ3n) is 4.08. The van der Waals surface area contributed by atoms with Crippen molar-refractivity contribution in [3.63, 3.8) is 0 Å². The van der Waals surface area contributed by atoms with Gasteiger partial charge in [-0.3, -0.25) is 9.88 Å². The van der Waals surface area contributed by atoms with E-state index in [1.807, 2.05) is 12.4 Å². The maximum absolute atomic E-state index is 6.36. The summed E-state index contributed by atoms with van der Waals surface area (Å²) in [5.41, 5.74) is 7.68. The van der Waals surface area contributed by atoms with Crippen molar-refractivity contribution < 1.29 is 0 Å². The molecule has 100 valence electrons. The molecule has 0 bridgehead atoms. The minimum Gasteiger partial charge on any atom is -0.326 e. The lowest BCUT2D eigenvalue weighted by atomic mass is 9.98. The van der Waals surface area contributed by atoms with Gasteiger partial charge in [0.1, 0.15) is 0 Å². The third-order valence-corrected chi connectivity index (χ3v) is 4.08. The first-order chi connectivity index (χ1) is 8.79. The molecular weight excluding hydrogens is 222 g/mol. The topological polar surface area (TPSA) is 42.2 Å². The molecule has 1 heterocycles. The Kier molecular flexibility index (Phi) is 5.14. The average Bonchev–Trinajstić information content (AvgIpc) is 2.93. The zero-order valence-corrected chi connectivity index (χ0v) is 11.4. The summed E-state index contributed by atoms with van der Waals surface area (Å²) < 4.78 is 0. The highest BCUT2D eigenvalue weighted by Crippen LogP contribution is 2.27. The standard InChI is InChI=1S/C15H25N3/c1-2-18(11-13-7-9-17-10-8-13)12-15(16)14-5-3-4-6-14/h7-10,14-15H,2-6,11-12,16H2,1H3. The Labute approximate surface area is 110 Å². The van der Waals surface area contributed by atoms with Gasteiger partial charge < -0.3 is 5.73 Å². The van der Waals surface area contributed by atoms with E-state index in [2.05, 4.69) is 28.9 Å². The van der Waals surface area contributed by atoms with Crippen LogP contribution in [0, 0.1) is 5.92 Å². The number of rotatable bonds is 6. The molecule has 1 unspecified atom stereocenters. The van der Waals surface area contributed by atoms with Gasteiger partial charge in [-0.05, 0) is 43.0 Å². The Morgan fingerprint density at radius 2 is 2.00 bits per heavy atom. The molecule has 1 aromatic heterocycles. The lowest BCUT2D eigenvalue weighted by Crippen LogP contribution is -2.41. The zero-order chi connectivity index (χ0) is 12.8. The van der Waals surface area contributed by atoms with Gasteiger partial charge in [0.15, 0.2) is 0 Å². The van der Waals surface area contributed by atoms with Crippen molar-refractivity contribution in [1.29, 1.82) is 0 Å². The number of nitrogens with two attached hydrogens (primary N) is 1. The van der Waals surface area contributed by atoms with Crippen molar-refractivity contribution in [1.82, 2.24) is 9.88 Å². The fourth-order valence-corrected chi connectivity index (χ4v) is 2.88. The maximum atomic E-state index is 6.36. The second-order valence-corrected chi connectivity index (χ2v) is 5.39. The lowest BCUT2D eigenvalue weighted by Gasteiger charge is -2.27. The van der Waals surface area contributed by atoms with Crippen molar-refractivity contribution in [3.8, 4) is 0 Å². The van der Waals surface area contributed by atoms with Crippen molar-refractivity contribution in [2.24, 2.45) is 11.7 Å². The number of hydrogen-bond donors (Lipinski definition) is 1. The number of pyridine rings is 1. The number of aromatic nitrogens is 1. The molecule has 3 nitrogen and oxygen atoms in total. The van der Waals surface area contributed by atoms with Gasteiger partial charge in [0, 0.05) is 31.5 Å². The second kappa shape index (κ2) is 6.86. The largest absolute Gasteiger partial charge is 0.326 e. The molecule has 3 heteroatoms. The molecule has 1 aromatic rings. The molecule has 2 rings (SSSR count). The van der Waals surface area contributed by atoms with Crippen LogP contribution in [0.15, 0.2) is 24.5 Å². The summed E-state index contributed by atoms with van der Waals surface area (Å²) >= 11 is 0. The molecule has 2 N–H and O–H groups in total. The number of likely N-dealkylation sites (N-methyl/N-ethyl adjacent to an activating group) is 1. The number of nitrogens with zero attached hydrogens (tertiary/aromatic N) is 2. The van der Waals surface area contributed by atoms with E-state index in [-0.39, 0.29) is 0 Å². The van der Waals surface area contributed by atoms with E-state index >= 15 is 0 Å². The summed E-state index contributed by atoms with van der Waals surface area (Å²) in [6, 6.07) is 4.52. The van der Waals surface area contributed by atoms with E-state index < -0.39 is 0 Å². The Balaban J connectivity index is 1.85. The van der Waals surface area contributed by atoms with Gasteiger partial charge >= 0.3 is 0 Å². The Bertz CT molecular complexity index is 333. The van der Waals surface area contributed by atoms with Crippen molar-refractivity contribution in [2.45, 2.75) is 45.2 Å². The van der Waals surface area contributed by atoms with Crippen LogP contribution < -0.4 is 5.73 Å². The van der Waals surface area contributed by atoms with E-state index in [4.69, 9.17) is 5.73 Å². The summed E-state index contributed by atoms with van der Waals surface area (Å²) in [7, 11) is 0. The van der Waals surface area contributed by atoms with Crippen molar-refractivity contribution >= 4 is 0 Å². The highest BCUT2D eigenvalue weighted by molar-refractivity contribution is 5.09. The van der Waals surface area contributed by atoms with Crippen LogP contribution in [0.25, 0.3) is 0 Å². The summed E-state index contributed by atoms with van der Waals surface area (Å²) in [6.45, 7) is 5.27. The first-order valence-corrected chi connectivity index (χ1v) is 7.16. The quantitative estimate of drug-likeness (QED) is 0.839. The molecule has 1 saturated carbocycles. The Morgan fingerprint density at radius 3 is 2.61 bits per heavy atom. The van der Waals surface area contributed by atoms with Crippen LogP contribution in [0.3, 0.4) is 0 Å². The normalized spacial score (nSPS) is 18.4. The Hall–Kier alpha value is -0.930. The smallest absolute Gasteiger partial charge is 0.0271 e. The monoisotopic (exact) mass is 247 g/mol. The molecule has 0 amide bonds. The molecule has 0 saturated heterocycles. The maximum Gasteiger partial charge on any atom is 0.0271 e. The molecule has 0 radical (unpaired) electrons. The fraction of sp³-hybridized carbons (Fsp3) is 0.667. The summed E-state index contributed by atoms with van der Waals surface area (Å²) in [4.78, 5) is 6.50. The van der Waals surface area contributed by atoms with Crippen LogP contribution in [-0.4, -0.2) is 29.0 Å². The van der Waals surface area contributed by atoms with Gasteiger partial charge in [0.25, 0.3) is 0 Å². The average molecular weight is 247 g/mol. The number of hydrogen-bond acceptors (Lipinski definition) is 3. The molecular formula is C15H25N3. The van der Waals surface area contributed by atoms with Crippen LogP contribution in [0.5, 0.6) is 0 Å². The van der Waals surface area contributed by atoms with E-state index in [0.717, 1.165) is 25.6 Å². The molecule has 0 spiro atoms. The van der Waals surface area contributed by atoms with Crippen LogP contribution in [0.1, 0.15) is 38.2 Å². The van der Waals surface area contributed by atoms with Gasteiger partial charge in [-0.1, -0.05) is 19.8 Å². The lowest BCUT2D eigenvalue weighted by molar-refractivity contribution is 0.232. The van der Waals surface area contributed by atoms with Gasteiger partial charge in [0.05, 0.1) is 0 Å². The van der Waals surface area contributed by atoms with E-state index in [1.165, 1.54) is 31.2 Å². The van der Waals surface area contributed by atoms with Gasteiger partial charge in [-0.15, -0.1) is 0 Å². The van der Waals surface area contributed by atoms with E-state index in [9.17, 15) is 0 Å². The predicted molar refractivity (Wildman–Crippen MR) is 75.1 cm³/mol. The van der Waals surface area contributed by atoms with Gasteiger partial charge in [-0.25, -0.2) is 0 Å².